The molecule has 4 rings (SSSR count). The normalized spacial score (nSPS) is 12.4. The topological polar surface area (TPSA) is 150 Å². The number of nitrogens with one attached hydrogen (secondary N) is 1. The van der Waals surface area contributed by atoms with Gasteiger partial charge in [0.1, 0.15) is 5.82 Å². The third-order valence-electron chi connectivity index (χ3n) is 5.81. The number of aromatic nitrogens is 4. The van der Waals surface area contributed by atoms with Crippen LogP contribution in [0.3, 0.4) is 0 Å². The zero-order valence-electron chi connectivity index (χ0n) is 20.2. The average Bonchev–Trinajstić information content (AvgIpc) is 3.30. The van der Waals surface area contributed by atoms with Crippen LogP contribution in [0.5, 0.6) is 0 Å². The van der Waals surface area contributed by atoms with E-state index in [0.717, 1.165) is 6.26 Å². The maximum Gasteiger partial charge on any atom is 0.254 e. The lowest BCUT2D eigenvalue weighted by atomic mass is 10.0. The van der Waals surface area contributed by atoms with Gasteiger partial charge in [-0.3, -0.25) is 14.6 Å². The molecule has 37 heavy (non-hydrogen) atoms. The van der Waals surface area contributed by atoms with Gasteiger partial charge in [-0.05, 0) is 54.8 Å². The van der Waals surface area contributed by atoms with Crippen molar-refractivity contribution < 1.29 is 22.4 Å². The molecule has 1 atom stereocenters. The van der Waals surface area contributed by atoms with Crippen LogP contribution in [0.1, 0.15) is 47.4 Å². The second-order valence-corrected chi connectivity index (χ2v) is 10.5. The third-order valence-corrected chi connectivity index (χ3v) is 6.78. The fraction of sp³-hybridized carbons (Fsp3) is 0.240. The summed E-state index contributed by atoms with van der Waals surface area (Å²) >= 11 is 0. The van der Waals surface area contributed by atoms with Gasteiger partial charge in [-0.1, -0.05) is 6.92 Å². The fourth-order valence-corrected chi connectivity index (χ4v) is 4.55. The van der Waals surface area contributed by atoms with Crippen LogP contribution in [-0.2, 0) is 21.1 Å². The van der Waals surface area contributed by atoms with Gasteiger partial charge in [-0.2, -0.15) is 5.10 Å². The molecule has 0 radical (unpaired) electrons. The van der Waals surface area contributed by atoms with Crippen LogP contribution in [0.2, 0.25) is 0 Å². The zero-order valence-corrected chi connectivity index (χ0v) is 21.0. The number of rotatable bonds is 9. The Balaban J connectivity index is 1.67. The highest BCUT2D eigenvalue weighted by molar-refractivity contribution is 7.90. The average molecular weight is 525 g/mol. The lowest BCUT2D eigenvalue weighted by molar-refractivity contribution is -0.118. The fourth-order valence-electron chi connectivity index (χ4n) is 3.92. The van der Waals surface area contributed by atoms with Crippen LogP contribution in [0.4, 0.5) is 4.39 Å². The van der Waals surface area contributed by atoms with Crippen molar-refractivity contribution >= 4 is 32.6 Å². The summed E-state index contributed by atoms with van der Waals surface area (Å²) in [5.41, 5.74) is 7.60. The first-order chi connectivity index (χ1) is 17.6. The predicted molar refractivity (Wildman–Crippen MR) is 134 cm³/mol. The number of aryl methyl sites for hydroxylation is 1. The Bertz CT molecular complexity index is 1580. The Hall–Kier alpha value is -4.19. The van der Waals surface area contributed by atoms with Crippen LogP contribution in [0.15, 0.2) is 60.0 Å². The number of sulfone groups is 1. The lowest BCUT2D eigenvalue weighted by Gasteiger charge is -2.19. The number of fused-ring (bicyclic) bond motifs is 1. The van der Waals surface area contributed by atoms with Gasteiger partial charge in [0.25, 0.3) is 5.91 Å². The number of carbonyl (C=O) groups excluding carboxylic acids is 2. The molecule has 0 spiro atoms. The van der Waals surface area contributed by atoms with E-state index < -0.39 is 27.7 Å². The van der Waals surface area contributed by atoms with Crippen molar-refractivity contribution in [3.8, 4) is 5.69 Å². The highest BCUT2D eigenvalue weighted by Crippen LogP contribution is 2.25. The monoisotopic (exact) mass is 524 g/mol. The molecule has 3 aromatic heterocycles. The number of carbonyl (C=O) groups is 2. The zero-order chi connectivity index (χ0) is 26.7. The van der Waals surface area contributed by atoms with Crippen LogP contribution in [0, 0.1) is 5.82 Å². The minimum Gasteiger partial charge on any atom is -0.370 e. The molecular weight excluding hydrogens is 499 g/mol. The smallest absolute Gasteiger partial charge is 0.254 e. The summed E-state index contributed by atoms with van der Waals surface area (Å²) in [5, 5.41) is 7.67. The number of halogens is 1. The molecule has 192 valence electrons. The Labute approximate surface area is 212 Å². The summed E-state index contributed by atoms with van der Waals surface area (Å²) < 4.78 is 39.4. The van der Waals surface area contributed by atoms with E-state index in [1.54, 1.807) is 29.1 Å². The van der Waals surface area contributed by atoms with Gasteiger partial charge in [0.15, 0.2) is 14.9 Å². The highest BCUT2D eigenvalue weighted by Gasteiger charge is 2.21. The van der Waals surface area contributed by atoms with Gasteiger partial charge in [-0.25, -0.2) is 22.5 Å². The molecule has 0 unspecified atom stereocenters. The summed E-state index contributed by atoms with van der Waals surface area (Å²) in [5.74, 6) is -1.34. The minimum atomic E-state index is -3.65. The highest BCUT2D eigenvalue weighted by atomic mass is 32.2. The molecule has 3 heterocycles. The summed E-state index contributed by atoms with van der Waals surface area (Å²) in [6, 6.07) is 8.30. The first-order valence-electron chi connectivity index (χ1n) is 11.4. The van der Waals surface area contributed by atoms with Crippen molar-refractivity contribution in [1.82, 2.24) is 25.1 Å². The van der Waals surface area contributed by atoms with E-state index in [4.69, 9.17) is 5.73 Å². The summed E-state index contributed by atoms with van der Waals surface area (Å²) in [4.78, 5) is 32.9. The second-order valence-electron chi connectivity index (χ2n) is 8.56. The van der Waals surface area contributed by atoms with E-state index in [1.807, 2.05) is 6.92 Å². The number of amides is 2. The molecule has 0 saturated carbocycles. The van der Waals surface area contributed by atoms with Crippen LogP contribution >= 0.6 is 0 Å². The Morgan fingerprint density at radius 1 is 1.14 bits per heavy atom. The molecule has 0 saturated heterocycles. The number of nitrogens with two attached hydrogens (primary N) is 1. The molecule has 2 amide bonds. The van der Waals surface area contributed by atoms with Gasteiger partial charge in [0.2, 0.25) is 5.91 Å². The molecule has 0 fully saturated rings. The number of pyridine rings is 2. The molecule has 0 aliphatic carbocycles. The van der Waals surface area contributed by atoms with Gasteiger partial charge >= 0.3 is 0 Å². The molecule has 0 aliphatic heterocycles. The molecule has 1 aromatic carbocycles. The first kappa shape index (κ1) is 25.9. The van der Waals surface area contributed by atoms with Crippen LogP contribution in [-0.4, -0.2) is 46.2 Å². The van der Waals surface area contributed by atoms with Crippen LogP contribution in [0.25, 0.3) is 16.6 Å². The predicted octanol–water partition coefficient (Wildman–Crippen LogP) is 2.66. The Morgan fingerprint density at radius 3 is 2.51 bits per heavy atom. The van der Waals surface area contributed by atoms with E-state index in [-0.39, 0.29) is 29.2 Å². The first-order valence-corrected chi connectivity index (χ1v) is 13.3. The summed E-state index contributed by atoms with van der Waals surface area (Å²) in [7, 11) is -3.65. The molecule has 12 heteroatoms. The second kappa shape index (κ2) is 10.4. The van der Waals surface area contributed by atoms with E-state index in [1.165, 1.54) is 30.6 Å². The summed E-state index contributed by atoms with van der Waals surface area (Å²) in [6.07, 6.45) is 6.19. The van der Waals surface area contributed by atoms with E-state index >= 15 is 0 Å². The van der Waals surface area contributed by atoms with Gasteiger partial charge < -0.3 is 11.1 Å². The number of hydrogen-bond acceptors (Lipinski definition) is 7. The largest absolute Gasteiger partial charge is 0.370 e. The van der Waals surface area contributed by atoms with Gasteiger partial charge in [0, 0.05) is 30.0 Å². The number of nitrogens with zero attached hydrogens (tertiary/aromatic N) is 4. The Morgan fingerprint density at radius 2 is 1.86 bits per heavy atom. The number of benzene rings is 1. The van der Waals surface area contributed by atoms with Crippen molar-refractivity contribution in [2.45, 2.75) is 37.3 Å². The van der Waals surface area contributed by atoms with Gasteiger partial charge in [-0.15, -0.1) is 0 Å². The molecule has 3 N–H and O–H groups in total. The molecule has 4 aromatic rings. The SMILES string of the molecule is CC[C@H](NC(=O)c1cncc2c1cnn2-c1ccc(F)cc1)c1cc(CCC(N)=O)nc(S(C)(=O)=O)c1. The molecule has 10 nitrogen and oxygen atoms in total. The van der Waals surface area contributed by atoms with Crippen LogP contribution < -0.4 is 11.1 Å². The van der Waals surface area contributed by atoms with E-state index in [0.29, 0.717) is 34.3 Å². The molecule has 0 bridgehead atoms. The van der Waals surface area contributed by atoms with Gasteiger partial charge in [0.05, 0.1) is 35.2 Å². The minimum absolute atomic E-state index is 0.00845. The Kier molecular flexibility index (Phi) is 7.30. The van der Waals surface area contributed by atoms with Crippen molar-refractivity contribution in [3.63, 3.8) is 0 Å². The van der Waals surface area contributed by atoms with E-state index in [2.05, 4.69) is 20.4 Å². The van der Waals surface area contributed by atoms with E-state index in [9.17, 15) is 22.4 Å². The maximum absolute atomic E-state index is 13.3. The third kappa shape index (κ3) is 5.80. The van der Waals surface area contributed by atoms with Crippen molar-refractivity contribution in [3.05, 3.63) is 77.6 Å². The molecular formula is C25H25FN6O4S. The van der Waals surface area contributed by atoms with Crippen molar-refractivity contribution in [2.24, 2.45) is 5.73 Å². The lowest BCUT2D eigenvalue weighted by Crippen LogP contribution is -2.29. The van der Waals surface area contributed by atoms with Crippen molar-refractivity contribution in [2.75, 3.05) is 6.26 Å². The standard InChI is InChI=1S/C25H25FN6O4S/c1-3-21(15-10-17(6-9-23(27)33)30-24(11-15)37(2,35)36)31-25(34)20-12-28-14-22-19(20)13-29-32(22)18-7-4-16(26)5-8-18/h4-5,7-8,10-14,21H,3,6,9H2,1-2H3,(H2,27,33)(H,31,34)/t21-/m0/s1. The number of hydrogen-bond donors (Lipinski definition) is 2. The maximum atomic E-state index is 13.3. The number of primary amides is 1. The molecule has 0 aliphatic rings. The summed E-state index contributed by atoms with van der Waals surface area (Å²) in [6.45, 7) is 1.85. The van der Waals surface area contributed by atoms with Crippen molar-refractivity contribution in [1.29, 1.82) is 0 Å². The quantitative estimate of drug-likeness (QED) is 0.342.